The lowest BCUT2D eigenvalue weighted by atomic mass is 10.1. The molecule has 0 N–H and O–H groups in total. The van der Waals surface area contributed by atoms with E-state index in [0.717, 1.165) is 109 Å². The summed E-state index contributed by atoms with van der Waals surface area (Å²) in [7, 11) is 0. The molecule has 0 saturated carbocycles. The zero-order chi connectivity index (χ0) is 47.9. The van der Waals surface area contributed by atoms with Gasteiger partial charge in [0.1, 0.15) is 13.2 Å². The van der Waals surface area contributed by atoms with Gasteiger partial charge in [-0.3, -0.25) is 14.4 Å². The zero-order valence-electron chi connectivity index (χ0n) is 41.9. The van der Waals surface area contributed by atoms with Crippen molar-refractivity contribution >= 4 is 17.9 Å². The molecule has 0 heterocycles. The van der Waals surface area contributed by atoms with E-state index in [0.29, 0.717) is 12.8 Å². The average Bonchev–Trinajstić information content (AvgIpc) is 3.31. The first kappa shape index (κ1) is 61.3. The molecule has 368 valence electrons. The number of unbranched alkanes of at least 4 members (excludes halogenated alkanes) is 11. The fourth-order valence-electron chi connectivity index (χ4n) is 6.31. The van der Waals surface area contributed by atoms with Crippen LogP contribution in [-0.2, 0) is 28.6 Å². The van der Waals surface area contributed by atoms with Gasteiger partial charge in [-0.05, 0) is 109 Å². The molecule has 6 heteroatoms. The molecular formula is C60H92O6. The van der Waals surface area contributed by atoms with Crippen molar-refractivity contribution in [2.75, 3.05) is 13.2 Å². The quantitative estimate of drug-likeness (QED) is 0.0199. The van der Waals surface area contributed by atoms with Gasteiger partial charge >= 0.3 is 17.9 Å². The van der Waals surface area contributed by atoms with Gasteiger partial charge in [0.15, 0.2) is 6.10 Å². The van der Waals surface area contributed by atoms with Crippen LogP contribution in [0, 0.1) is 0 Å². The molecule has 0 aromatic carbocycles. The van der Waals surface area contributed by atoms with Crippen LogP contribution in [0.3, 0.4) is 0 Å². The summed E-state index contributed by atoms with van der Waals surface area (Å²) in [6.07, 6.45) is 75.7. The third-order valence-corrected chi connectivity index (χ3v) is 10.1. The van der Waals surface area contributed by atoms with Gasteiger partial charge in [-0.2, -0.15) is 0 Å². The van der Waals surface area contributed by atoms with Crippen LogP contribution >= 0.6 is 0 Å². The highest BCUT2D eigenvalue weighted by Gasteiger charge is 2.19. The second-order valence-electron chi connectivity index (χ2n) is 16.4. The van der Waals surface area contributed by atoms with Gasteiger partial charge in [-0.25, -0.2) is 0 Å². The molecule has 0 saturated heterocycles. The largest absolute Gasteiger partial charge is 0.462 e. The van der Waals surface area contributed by atoms with Crippen molar-refractivity contribution in [1.82, 2.24) is 0 Å². The van der Waals surface area contributed by atoms with E-state index in [2.05, 4.69) is 154 Å². The Morgan fingerprint density at radius 3 is 1.17 bits per heavy atom. The van der Waals surface area contributed by atoms with Gasteiger partial charge in [0, 0.05) is 19.3 Å². The zero-order valence-corrected chi connectivity index (χ0v) is 41.9. The molecule has 0 aromatic rings. The molecule has 0 spiro atoms. The predicted octanol–water partition coefficient (Wildman–Crippen LogP) is 17.3. The Morgan fingerprint density at radius 2 is 0.697 bits per heavy atom. The summed E-state index contributed by atoms with van der Waals surface area (Å²) >= 11 is 0. The molecule has 0 aliphatic heterocycles. The number of carbonyl (C=O) groups is 3. The van der Waals surface area contributed by atoms with Crippen molar-refractivity contribution < 1.29 is 28.6 Å². The Bertz CT molecular complexity index is 1510. The molecule has 0 bridgehead atoms. The summed E-state index contributed by atoms with van der Waals surface area (Å²) < 4.78 is 16.6. The van der Waals surface area contributed by atoms with E-state index in [1.807, 2.05) is 12.2 Å². The Morgan fingerprint density at radius 1 is 0.333 bits per heavy atom. The summed E-state index contributed by atoms with van der Waals surface area (Å²) in [5.74, 6) is -1.11. The number of carbonyl (C=O) groups excluding carboxylic acids is 3. The summed E-state index contributed by atoms with van der Waals surface area (Å²) in [6, 6.07) is 0. The number of hydrogen-bond acceptors (Lipinski definition) is 6. The first-order valence-electron chi connectivity index (χ1n) is 25.9. The monoisotopic (exact) mass is 909 g/mol. The molecule has 6 nitrogen and oxygen atoms in total. The first-order chi connectivity index (χ1) is 32.5. The minimum Gasteiger partial charge on any atom is -0.462 e. The Labute approximate surface area is 404 Å². The van der Waals surface area contributed by atoms with E-state index in [1.165, 1.54) is 32.1 Å². The number of hydrogen-bond donors (Lipinski definition) is 0. The molecule has 0 aromatic heterocycles. The standard InChI is InChI=1S/C60H92O6/c1-4-7-10-13-16-19-22-24-26-28-30-32-33-35-38-41-44-47-50-53-59(62)65-56-57(55-64-58(61)52-49-46-43-40-37-21-18-15-12-9-6-3)66-60(63)54-51-48-45-42-39-36-34-31-29-27-25-23-20-17-14-11-8-5-2/h7,9-10,12,16,18-19,21,23-27,29-32,34-35,38,40,43-44,47,57H,4-6,8,11,13-15,17,20,22,28,33,36-37,39,41-42,45-46,48-56H2,1-3H3/b10-7-,12-9-,19-16-,21-18-,25-23-,26-24-,29-27-,32-30-,34-31-,38-35-,43-40-,47-44-. The van der Waals surface area contributed by atoms with Crippen LogP contribution in [0.2, 0.25) is 0 Å². The number of rotatable bonds is 44. The minimum atomic E-state index is -0.845. The maximum atomic E-state index is 12.8. The van der Waals surface area contributed by atoms with Crippen LogP contribution < -0.4 is 0 Å². The highest BCUT2D eigenvalue weighted by Crippen LogP contribution is 2.11. The normalized spacial score (nSPS) is 13.3. The van der Waals surface area contributed by atoms with Crippen molar-refractivity contribution in [2.24, 2.45) is 0 Å². The second kappa shape index (κ2) is 52.9. The van der Waals surface area contributed by atoms with Crippen LogP contribution in [0.5, 0.6) is 0 Å². The van der Waals surface area contributed by atoms with Crippen molar-refractivity contribution in [3.8, 4) is 0 Å². The smallest absolute Gasteiger partial charge is 0.306 e. The highest BCUT2D eigenvalue weighted by atomic mass is 16.6. The molecule has 0 aliphatic carbocycles. The third-order valence-electron chi connectivity index (χ3n) is 10.1. The summed E-state index contributed by atoms with van der Waals surface area (Å²) in [5, 5.41) is 0. The van der Waals surface area contributed by atoms with Gasteiger partial charge in [0.25, 0.3) is 0 Å². The van der Waals surface area contributed by atoms with E-state index in [9.17, 15) is 14.4 Å². The van der Waals surface area contributed by atoms with Gasteiger partial charge in [0.2, 0.25) is 0 Å². The van der Waals surface area contributed by atoms with Crippen LogP contribution in [0.4, 0.5) is 0 Å². The molecule has 1 unspecified atom stereocenters. The molecular weight excluding hydrogens is 817 g/mol. The predicted molar refractivity (Wildman–Crippen MR) is 283 cm³/mol. The van der Waals surface area contributed by atoms with Crippen molar-refractivity contribution in [3.05, 3.63) is 146 Å². The third kappa shape index (κ3) is 50.3. The summed E-state index contributed by atoms with van der Waals surface area (Å²) in [6.45, 7) is 6.23. The maximum Gasteiger partial charge on any atom is 0.306 e. The molecule has 0 radical (unpaired) electrons. The summed E-state index contributed by atoms with van der Waals surface area (Å²) in [5.41, 5.74) is 0. The topological polar surface area (TPSA) is 78.9 Å². The van der Waals surface area contributed by atoms with Crippen molar-refractivity contribution in [1.29, 1.82) is 0 Å². The van der Waals surface area contributed by atoms with Crippen LogP contribution in [0.15, 0.2) is 146 Å². The lowest BCUT2D eigenvalue weighted by molar-refractivity contribution is -0.166. The molecule has 0 fully saturated rings. The van der Waals surface area contributed by atoms with Gasteiger partial charge in [-0.15, -0.1) is 0 Å². The van der Waals surface area contributed by atoms with Gasteiger partial charge in [-0.1, -0.05) is 212 Å². The van der Waals surface area contributed by atoms with Crippen molar-refractivity contribution in [3.63, 3.8) is 0 Å². The van der Waals surface area contributed by atoms with E-state index in [1.54, 1.807) is 0 Å². The number of esters is 3. The van der Waals surface area contributed by atoms with Crippen molar-refractivity contribution in [2.45, 2.75) is 200 Å². The molecule has 66 heavy (non-hydrogen) atoms. The minimum absolute atomic E-state index is 0.143. The van der Waals surface area contributed by atoms with Crippen LogP contribution in [0.1, 0.15) is 194 Å². The van der Waals surface area contributed by atoms with Gasteiger partial charge in [0.05, 0.1) is 0 Å². The second-order valence-corrected chi connectivity index (χ2v) is 16.4. The molecule has 0 aliphatic rings. The molecule has 0 amide bonds. The van der Waals surface area contributed by atoms with Crippen LogP contribution in [-0.4, -0.2) is 37.2 Å². The fourth-order valence-corrected chi connectivity index (χ4v) is 6.31. The first-order valence-corrected chi connectivity index (χ1v) is 25.9. The Balaban J connectivity index is 4.60. The number of ether oxygens (including phenoxy) is 3. The van der Waals surface area contributed by atoms with Crippen LogP contribution in [0.25, 0.3) is 0 Å². The molecule has 1 atom stereocenters. The fraction of sp³-hybridized carbons (Fsp3) is 0.550. The highest BCUT2D eigenvalue weighted by molar-refractivity contribution is 5.71. The molecule has 0 rings (SSSR count). The lowest BCUT2D eigenvalue weighted by Gasteiger charge is -2.18. The van der Waals surface area contributed by atoms with Gasteiger partial charge < -0.3 is 14.2 Å². The maximum absolute atomic E-state index is 12.8. The Hall–Kier alpha value is -4.71. The van der Waals surface area contributed by atoms with E-state index in [4.69, 9.17) is 14.2 Å². The Kier molecular flexibility index (Phi) is 49.1. The van der Waals surface area contributed by atoms with E-state index < -0.39 is 6.10 Å². The SMILES string of the molecule is CC/C=C\C/C=C\C/C=C\C/C=C\C/C=C\C/C=C\CCC(=O)OCC(COC(=O)CCC/C=C\C/C=C\C/C=C\CC)OC(=O)CCCCCCC\C=C/C=C\C=C/CCCCCCC. The lowest BCUT2D eigenvalue weighted by Crippen LogP contribution is -2.30. The van der Waals surface area contributed by atoms with E-state index in [-0.39, 0.29) is 50.4 Å². The summed E-state index contributed by atoms with van der Waals surface area (Å²) in [4.78, 5) is 37.9. The number of allylic oxidation sites excluding steroid dienone is 24. The van der Waals surface area contributed by atoms with E-state index >= 15 is 0 Å². The average molecular weight is 909 g/mol.